The molecule has 1 N–H and O–H groups in total. The second-order valence-corrected chi connectivity index (χ2v) is 3.59. The fraction of sp³-hybridized carbons (Fsp3) is 0.273. The van der Waals surface area contributed by atoms with Crippen molar-refractivity contribution in [2.45, 2.75) is 5.88 Å². The number of methoxy groups -OCH3 is 2. The highest BCUT2D eigenvalue weighted by molar-refractivity contribution is 6.16. The highest BCUT2D eigenvalue weighted by Gasteiger charge is 2.09. The first kappa shape index (κ1) is 12.5. The van der Waals surface area contributed by atoms with Gasteiger partial charge in [0.1, 0.15) is 17.4 Å². The summed E-state index contributed by atoms with van der Waals surface area (Å²) >= 11 is 5.58. The first-order valence-corrected chi connectivity index (χ1v) is 5.67. The summed E-state index contributed by atoms with van der Waals surface area (Å²) in [6, 6.07) is 5.60. The summed E-state index contributed by atoms with van der Waals surface area (Å²) in [5.41, 5.74) is 0.697. The summed E-state index contributed by atoms with van der Waals surface area (Å²) in [4.78, 5) is 0. The van der Waals surface area contributed by atoms with E-state index >= 15 is 0 Å². The van der Waals surface area contributed by atoms with Crippen molar-refractivity contribution < 1.29 is 13.9 Å². The maximum atomic E-state index is 5.58. The smallest absolute Gasteiger partial charge is 0.320 e. The molecular formula is C11H12ClN3O3. The van der Waals surface area contributed by atoms with Gasteiger partial charge in [-0.2, -0.15) is 0 Å². The van der Waals surface area contributed by atoms with Crippen molar-refractivity contribution in [2.75, 3.05) is 19.5 Å². The Bertz CT molecular complexity index is 530. The van der Waals surface area contributed by atoms with Gasteiger partial charge in [-0.15, -0.1) is 16.7 Å². The molecule has 18 heavy (non-hydrogen) atoms. The molecule has 0 amide bonds. The molecule has 96 valence electrons. The third-order valence-electron chi connectivity index (χ3n) is 2.23. The fourth-order valence-electron chi connectivity index (χ4n) is 1.38. The summed E-state index contributed by atoms with van der Waals surface area (Å²) in [7, 11) is 3.16. The van der Waals surface area contributed by atoms with E-state index in [1.54, 1.807) is 32.4 Å². The lowest BCUT2D eigenvalue weighted by atomic mass is 10.2. The van der Waals surface area contributed by atoms with Gasteiger partial charge in [0, 0.05) is 6.07 Å². The first-order valence-electron chi connectivity index (χ1n) is 5.14. The van der Waals surface area contributed by atoms with E-state index in [1.807, 2.05) is 0 Å². The van der Waals surface area contributed by atoms with Gasteiger partial charge in [0.05, 0.1) is 19.9 Å². The lowest BCUT2D eigenvalue weighted by Gasteiger charge is -2.09. The van der Waals surface area contributed by atoms with Crippen LogP contribution in [0.15, 0.2) is 22.6 Å². The molecule has 1 heterocycles. The maximum absolute atomic E-state index is 5.58. The third-order valence-corrected chi connectivity index (χ3v) is 2.46. The van der Waals surface area contributed by atoms with Gasteiger partial charge in [-0.3, -0.25) is 0 Å². The quantitative estimate of drug-likeness (QED) is 0.842. The Hall–Kier alpha value is -1.95. The summed E-state index contributed by atoms with van der Waals surface area (Å²) in [5, 5.41) is 10.5. The average Bonchev–Trinajstić information content (AvgIpc) is 2.87. The molecule has 0 aliphatic heterocycles. The minimum atomic E-state index is 0.175. The maximum Gasteiger partial charge on any atom is 0.320 e. The molecule has 0 spiro atoms. The van der Waals surface area contributed by atoms with E-state index in [0.29, 0.717) is 23.1 Å². The Labute approximate surface area is 109 Å². The second kappa shape index (κ2) is 5.59. The standard InChI is InChI=1S/C11H12ClN3O3/c1-16-7-3-4-8(9(5-7)17-2)13-11-15-14-10(6-12)18-11/h3-5H,6H2,1-2H3,(H,13,15). The van der Waals surface area contributed by atoms with Crippen LogP contribution in [0, 0.1) is 0 Å². The molecule has 2 rings (SSSR count). The predicted molar refractivity (Wildman–Crippen MR) is 66.7 cm³/mol. The highest BCUT2D eigenvalue weighted by Crippen LogP contribution is 2.31. The van der Waals surface area contributed by atoms with Gasteiger partial charge in [0.25, 0.3) is 0 Å². The Kier molecular flexibility index (Phi) is 3.88. The summed E-state index contributed by atoms with van der Waals surface area (Å²) in [5.74, 6) is 1.84. The van der Waals surface area contributed by atoms with Crippen LogP contribution >= 0.6 is 11.6 Å². The molecule has 0 aliphatic rings. The van der Waals surface area contributed by atoms with E-state index < -0.39 is 0 Å². The Morgan fingerprint density at radius 1 is 1.28 bits per heavy atom. The minimum absolute atomic E-state index is 0.175. The molecule has 0 saturated heterocycles. The minimum Gasteiger partial charge on any atom is -0.497 e. The molecule has 0 fully saturated rings. The van der Waals surface area contributed by atoms with Crippen molar-refractivity contribution in [1.29, 1.82) is 0 Å². The number of rotatable bonds is 5. The largest absolute Gasteiger partial charge is 0.497 e. The zero-order valence-corrected chi connectivity index (χ0v) is 10.7. The second-order valence-electron chi connectivity index (χ2n) is 3.33. The molecule has 1 aromatic heterocycles. The van der Waals surface area contributed by atoms with Crippen LogP contribution < -0.4 is 14.8 Å². The van der Waals surface area contributed by atoms with Crippen LogP contribution in [0.3, 0.4) is 0 Å². The van der Waals surface area contributed by atoms with Gasteiger partial charge >= 0.3 is 6.01 Å². The molecule has 0 bridgehead atoms. The molecule has 0 atom stereocenters. The Morgan fingerprint density at radius 2 is 2.11 bits per heavy atom. The van der Waals surface area contributed by atoms with Gasteiger partial charge < -0.3 is 19.2 Å². The van der Waals surface area contributed by atoms with Crippen molar-refractivity contribution >= 4 is 23.3 Å². The molecule has 7 heteroatoms. The fourth-order valence-corrected chi connectivity index (χ4v) is 1.48. The van der Waals surface area contributed by atoms with Crippen LogP contribution in [0.2, 0.25) is 0 Å². The van der Waals surface area contributed by atoms with Crippen LogP contribution in [0.4, 0.5) is 11.7 Å². The van der Waals surface area contributed by atoms with E-state index in [2.05, 4.69) is 15.5 Å². The molecule has 2 aromatic rings. The van der Waals surface area contributed by atoms with Crippen LogP contribution in [-0.2, 0) is 5.88 Å². The number of nitrogens with zero attached hydrogens (tertiary/aromatic N) is 2. The molecule has 0 radical (unpaired) electrons. The van der Waals surface area contributed by atoms with E-state index in [-0.39, 0.29) is 11.9 Å². The molecule has 0 saturated carbocycles. The van der Waals surface area contributed by atoms with Crippen molar-refractivity contribution in [2.24, 2.45) is 0 Å². The topological polar surface area (TPSA) is 69.4 Å². The van der Waals surface area contributed by atoms with Gasteiger partial charge in [0.2, 0.25) is 5.89 Å². The summed E-state index contributed by atoms with van der Waals surface area (Å²) in [6.07, 6.45) is 0. The van der Waals surface area contributed by atoms with Gasteiger partial charge in [-0.25, -0.2) is 0 Å². The zero-order chi connectivity index (χ0) is 13.0. The van der Waals surface area contributed by atoms with Crippen LogP contribution in [0.5, 0.6) is 11.5 Å². The number of nitrogens with one attached hydrogen (secondary N) is 1. The zero-order valence-electron chi connectivity index (χ0n) is 9.94. The predicted octanol–water partition coefficient (Wildman–Crippen LogP) is 2.57. The van der Waals surface area contributed by atoms with E-state index in [4.69, 9.17) is 25.5 Å². The SMILES string of the molecule is COc1ccc(Nc2nnc(CCl)o2)c(OC)c1. The van der Waals surface area contributed by atoms with Crippen LogP contribution in [0.25, 0.3) is 0 Å². The van der Waals surface area contributed by atoms with Crippen molar-refractivity contribution in [1.82, 2.24) is 10.2 Å². The normalized spacial score (nSPS) is 10.2. The Balaban J connectivity index is 2.22. The number of aromatic nitrogens is 2. The first-order chi connectivity index (χ1) is 8.76. The number of halogens is 1. The lowest BCUT2D eigenvalue weighted by Crippen LogP contribution is -1.95. The highest BCUT2D eigenvalue weighted by atomic mass is 35.5. The van der Waals surface area contributed by atoms with Crippen molar-refractivity contribution in [3.05, 3.63) is 24.1 Å². The third kappa shape index (κ3) is 2.65. The average molecular weight is 270 g/mol. The van der Waals surface area contributed by atoms with Crippen molar-refractivity contribution in [3.63, 3.8) is 0 Å². The van der Waals surface area contributed by atoms with Gasteiger partial charge in [-0.1, -0.05) is 5.10 Å². The molecule has 1 aromatic carbocycles. The number of anilines is 2. The molecule has 6 nitrogen and oxygen atoms in total. The number of benzene rings is 1. The molecular weight excluding hydrogens is 258 g/mol. The molecule has 0 unspecified atom stereocenters. The van der Waals surface area contributed by atoms with E-state index in [1.165, 1.54) is 0 Å². The van der Waals surface area contributed by atoms with Gasteiger partial charge in [0.15, 0.2) is 0 Å². The van der Waals surface area contributed by atoms with Crippen molar-refractivity contribution in [3.8, 4) is 11.5 Å². The molecule has 0 aliphatic carbocycles. The monoisotopic (exact) mass is 269 g/mol. The van der Waals surface area contributed by atoms with Crippen LogP contribution in [-0.4, -0.2) is 24.4 Å². The lowest BCUT2D eigenvalue weighted by molar-refractivity contribution is 0.395. The van der Waals surface area contributed by atoms with Gasteiger partial charge in [-0.05, 0) is 12.1 Å². The summed E-state index contributed by atoms with van der Waals surface area (Å²) in [6.45, 7) is 0. The van der Waals surface area contributed by atoms with Crippen LogP contribution in [0.1, 0.15) is 5.89 Å². The van der Waals surface area contributed by atoms with E-state index in [9.17, 15) is 0 Å². The van der Waals surface area contributed by atoms with E-state index in [0.717, 1.165) is 0 Å². The number of ether oxygens (including phenoxy) is 2. The summed E-state index contributed by atoms with van der Waals surface area (Å²) < 4.78 is 15.6. The number of alkyl halides is 1. The number of hydrogen-bond donors (Lipinski definition) is 1. The Morgan fingerprint density at radius 3 is 2.72 bits per heavy atom. The number of hydrogen-bond acceptors (Lipinski definition) is 6.